The van der Waals surface area contributed by atoms with Gasteiger partial charge in [-0.3, -0.25) is 0 Å². The molecule has 1 heterocycles. The quantitative estimate of drug-likeness (QED) is 0.788. The van der Waals surface area contributed by atoms with Crippen molar-refractivity contribution in [3.63, 3.8) is 0 Å². The molecule has 0 spiro atoms. The standard InChI is InChI=1S/C13H27N3O/c1-5-11-9-16(13(17)15-10(3)4)8-7-12(11)14-6-2/h10-12,14H,5-9H2,1-4H3,(H,15,17). The van der Waals surface area contributed by atoms with Crippen LogP contribution in [0.3, 0.4) is 0 Å². The van der Waals surface area contributed by atoms with E-state index in [1.807, 2.05) is 18.7 Å². The molecule has 1 aliphatic heterocycles. The van der Waals surface area contributed by atoms with E-state index in [1.54, 1.807) is 0 Å². The molecule has 4 nitrogen and oxygen atoms in total. The molecule has 100 valence electrons. The van der Waals surface area contributed by atoms with Crippen LogP contribution in [0.25, 0.3) is 0 Å². The van der Waals surface area contributed by atoms with Crippen LogP contribution in [0.15, 0.2) is 0 Å². The fourth-order valence-electron chi connectivity index (χ4n) is 2.50. The van der Waals surface area contributed by atoms with Gasteiger partial charge in [-0.1, -0.05) is 20.3 Å². The first-order valence-corrected chi connectivity index (χ1v) is 6.87. The molecule has 0 aliphatic carbocycles. The van der Waals surface area contributed by atoms with Gasteiger partial charge in [-0.25, -0.2) is 4.79 Å². The van der Waals surface area contributed by atoms with Crippen LogP contribution < -0.4 is 10.6 Å². The van der Waals surface area contributed by atoms with Gasteiger partial charge in [0.1, 0.15) is 0 Å². The Bertz CT molecular complexity index is 243. The normalized spacial score (nSPS) is 25.1. The molecule has 1 saturated heterocycles. The summed E-state index contributed by atoms with van der Waals surface area (Å²) in [6, 6.07) is 0.885. The first-order valence-electron chi connectivity index (χ1n) is 6.87. The summed E-state index contributed by atoms with van der Waals surface area (Å²) in [6.07, 6.45) is 2.20. The number of piperidine rings is 1. The van der Waals surface area contributed by atoms with E-state index >= 15 is 0 Å². The number of urea groups is 1. The van der Waals surface area contributed by atoms with E-state index in [0.29, 0.717) is 12.0 Å². The molecule has 0 aromatic heterocycles. The third-order valence-electron chi connectivity index (χ3n) is 3.42. The van der Waals surface area contributed by atoms with Crippen molar-refractivity contribution in [3.05, 3.63) is 0 Å². The summed E-state index contributed by atoms with van der Waals surface area (Å²) < 4.78 is 0. The minimum absolute atomic E-state index is 0.0911. The highest BCUT2D eigenvalue weighted by atomic mass is 16.2. The topological polar surface area (TPSA) is 44.4 Å². The van der Waals surface area contributed by atoms with Crippen molar-refractivity contribution in [2.24, 2.45) is 5.92 Å². The van der Waals surface area contributed by atoms with E-state index in [-0.39, 0.29) is 12.1 Å². The molecule has 0 saturated carbocycles. The zero-order valence-corrected chi connectivity index (χ0v) is 11.6. The Morgan fingerprint density at radius 1 is 1.41 bits per heavy atom. The lowest BCUT2D eigenvalue weighted by Gasteiger charge is -2.38. The third-order valence-corrected chi connectivity index (χ3v) is 3.42. The van der Waals surface area contributed by atoms with Crippen molar-refractivity contribution in [2.75, 3.05) is 19.6 Å². The second kappa shape index (κ2) is 6.84. The number of carbonyl (C=O) groups excluding carboxylic acids is 1. The van der Waals surface area contributed by atoms with Gasteiger partial charge in [0.25, 0.3) is 0 Å². The summed E-state index contributed by atoms with van der Waals surface area (Å²) in [5.74, 6) is 0.585. The SMILES string of the molecule is CCNC1CCN(C(=O)NC(C)C)CC1CC. The number of amides is 2. The van der Waals surface area contributed by atoms with E-state index in [1.165, 1.54) is 0 Å². The fraction of sp³-hybridized carbons (Fsp3) is 0.923. The monoisotopic (exact) mass is 241 g/mol. The van der Waals surface area contributed by atoms with Crippen LogP contribution >= 0.6 is 0 Å². The molecule has 0 radical (unpaired) electrons. The summed E-state index contributed by atoms with van der Waals surface area (Å²) in [5, 5.41) is 6.50. The molecular formula is C13H27N3O. The van der Waals surface area contributed by atoms with Crippen molar-refractivity contribution in [1.82, 2.24) is 15.5 Å². The van der Waals surface area contributed by atoms with Crippen LogP contribution in [-0.2, 0) is 0 Å². The Labute approximate surface area is 105 Å². The highest BCUT2D eigenvalue weighted by Crippen LogP contribution is 2.20. The Morgan fingerprint density at radius 2 is 2.12 bits per heavy atom. The van der Waals surface area contributed by atoms with Gasteiger partial charge in [-0.15, -0.1) is 0 Å². The maximum absolute atomic E-state index is 11.9. The Morgan fingerprint density at radius 3 is 2.65 bits per heavy atom. The van der Waals surface area contributed by atoms with Gasteiger partial charge in [0.15, 0.2) is 0 Å². The van der Waals surface area contributed by atoms with Gasteiger partial charge in [0.05, 0.1) is 0 Å². The third kappa shape index (κ3) is 4.19. The van der Waals surface area contributed by atoms with Crippen LogP contribution in [0.1, 0.15) is 40.5 Å². The predicted octanol–water partition coefficient (Wildman–Crippen LogP) is 1.81. The molecule has 0 aromatic rings. The largest absolute Gasteiger partial charge is 0.336 e. The van der Waals surface area contributed by atoms with E-state index in [4.69, 9.17) is 0 Å². The summed E-state index contributed by atoms with van der Waals surface area (Å²) in [5.41, 5.74) is 0. The van der Waals surface area contributed by atoms with Crippen LogP contribution in [0.5, 0.6) is 0 Å². The smallest absolute Gasteiger partial charge is 0.317 e. The Hall–Kier alpha value is -0.770. The van der Waals surface area contributed by atoms with Gasteiger partial charge >= 0.3 is 6.03 Å². The number of hydrogen-bond donors (Lipinski definition) is 2. The maximum atomic E-state index is 11.9. The maximum Gasteiger partial charge on any atom is 0.317 e. The second-order valence-corrected chi connectivity index (χ2v) is 5.17. The lowest BCUT2D eigenvalue weighted by Crippen LogP contribution is -2.54. The van der Waals surface area contributed by atoms with E-state index in [9.17, 15) is 4.79 Å². The minimum Gasteiger partial charge on any atom is -0.336 e. The zero-order chi connectivity index (χ0) is 12.8. The van der Waals surface area contributed by atoms with Crippen LogP contribution in [-0.4, -0.2) is 42.6 Å². The highest BCUT2D eigenvalue weighted by Gasteiger charge is 2.29. The zero-order valence-electron chi connectivity index (χ0n) is 11.6. The molecule has 2 N–H and O–H groups in total. The fourth-order valence-corrected chi connectivity index (χ4v) is 2.50. The second-order valence-electron chi connectivity index (χ2n) is 5.17. The first kappa shape index (κ1) is 14.3. The average Bonchev–Trinajstić information content (AvgIpc) is 2.29. The summed E-state index contributed by atoms with van der Waals surface area (Å²) in [7, 11) is 0. The van der Waals surface area contributed by atoms with Crippen molar-refractivity contribution >= 4 is 6.03 Å². The van der Waals surface area contributed by atoms with Gasteiger partial charge in [-0.05, 0) is 32.7 Å². The Kier molecular flexibility index (Phi) is 5.75. The van der Waals surface area contributed by atoms with Crippen molar-refractivity contribution in [1.29, 1.82) is 0 Å². The van der Waals surface area contributed by atoms with Gasteiger partial charge in [0, 0.05) is 25.2 Å². The number of likely N-dealkylation sites (tertiary alicyclic amines) is 1. The lowest BCUT2D eigenvalue weighted by atomic mass is 9.90. The molecule has 2 amide bonds. The molecule has 1 rings (SSSR count). The number of hydrogen-bond acceptors (Lipinski definition) is 2. The number of carbonyl (C=O) groups is 1. The molecule has 2 unspecified atom stereocenters. The van der Waals surface area contributed by atoms with Gasteiger partial charge in [0.2, 0.25) is 0 Å². The molecule has 0 bridgehead atoms. The Balaban J connectivity index is 2.49. The molecular weight excluding hydrogens is 214 g/mol. The number of nitrogens with one attached hydrogen (secondary N) is 2. The molecule has 2 atom stereocenters. The van der Waals surface area contributed by atoms with Gasteiger partial charge < -0.3 is 15.5 Å². The summed E-state index contributed by atoms with van der Waals surface area (Å²) >= 11 is 0. The van der Waals surface area contributed by atoms with Crippen molar-refractivity contribution in [2.45, 2.75) is 52.6 Å². The number of nitrogens with zero attached hydrogens (tertiary/aromatic N) is 1. The first-order chi connectivity index (χ1) is 8.08. The van der Waals surface area contributed by atoms with Gasteiger partial charge in [-0.2, -0.15) is 0 Å². The van der Waals surface area contributed by atoms with Crippen molar-refractivity contribution in [3.8, 4) is 0 Å². The molecule has 1 aliphatic rings. The molecule has 4 heteroatoms. The summed E-state index contributed by atoms with van der Waals surface area (Å²) in [4.78, 5) is 13.9. The predicted molar refractivity (Wildman–Crippen MR) is 71.1 cm³/mol. The average molecular weight is 241 g/mol. The molecule has 17 heavy (non-hydrogen) atoms. The van der Waals surface area contributed by atoms with Crippen LogP contribution in [0.4, 0.5) is 4.79 Å². The van der Waals surface area contributed by atoms with E-state index in [2.05, 4.69) is 24.5 Å². The minimum atomic E-state index is 0.0911. The molecule has 0 aromatic carbocycles. The molecule has 1 fully saturated rings. The van der Waals surface area contributed by atoms with Crippen molar-refractivity contribution < 1.29 is 4.79 Å². The lowest BCUT2D eigenvalue weighted by molar-refractivity contribution is 0.141. The van der Waals surface area contributed by atoms with Crippen LogP contribution in [0.2, 0.25) is 0 Å². The van der Waals surface area contributed by atoms with Crippen LogP contribution in [0, 0.1) is 5.92 Å². The van der Waals surface area contributed by atoms with E-state index < -0.39 is 0 Å². The highest BCUT2D eigenvalue weighted by molar-refractivity contribution is 5.74. The van der Waals surface area contributed by atoms with E-state index in [0.717, 1.165) is 32.5 Å². The number of rotatable bonds is 4. The summed E-state index contributed by atoms with van der Waals surface area (Å²) in [6.45, 7) is 11.1.